The van der Waals surface area contributed by atoms with Gasteiger partial charge in [-0.1, -0.05) is 0 Å². The van der Waals surface area contributed by atoms with Gasteiger partial charge in [-0.3, -0.25) is 4.79 Å². The Kier molecular flexibility index (Phi) is 1.77. The molecule has 0 aliphatic carbocycles. The van der Waals surface area contributed by atoms with Crippen molar-refractivity contribution in [1.29, 1.82) is 0 Å². The van der Waals surface area contributed by atoms with E-state index in [2.05, 4.69) is 11.4 Å². The minimum absolute atomic E-state index is 0.181. The van der Waals surface area contributed by atoms with E-state index in [-0.39, 0.29) is 5.78 Å². The lowest BCUT2D eigenvalue weighted by molar-refractivity contribution is 0.102. The van der Waals surface area contributed by atoms with E-state index < -0.39 is 0 Å². The SMILES string of the molecule is CC(=O)c1sc2ccsc2c1C. The molecule has 0 saturated carbocycles. The van der Waals surface area contributed by atoms with Crippen LogP contribution in [0.2, 0.25) is 0 Å². The molecule has 0 saturated heterocycles. The monoisotopic (exact) mass is 196 g/mol. The van der Waals surface area contributed by atoms with Gasteiger partial charge in [-0.25, -0.2) is 0 Å². The predicted octanol–water partition coefficient (Wildman–Crippen LogP) is 3.47. The molecule has 0 aliphatic rings. The number of hydrogen-bond donors (Lipinski definition) is 0. The molecule has 0 unspecified atom stereocenters. The van der Waals surface area contributed by atoms with Crippen LogP contribution in [0.3, 0.4) is 0 Å². The summed E-state index contributed by atoms with van der Waals surface area (Å²) in [5.74, 6) is 0.181. The molecule has 0 amide bonds. The van der Waals surface area contributed by atoms with Gasteiger partial charge >= 0.3 is 0 Å². The molecule has 0 radical (unpaired) electrons. The van der Waals surface area contributed by atoms with Gasteiger partial charge in [-0.2, -0.15) is 0 Å². The van der Waals surface area contributed by atoms with Gasteiger partial charge < -0.3 is 0 Å². The maximum Gasteiger partial charge on any atom is 0.170 e. The molecule has 1 nitrogen and oxygen atoms in total. The van der Waals surface area contributed by atoms with E-state index >= 15 is 0 Å². The smallest absolute Gasteiger partial charge is 0.170 e. The van der Waals surface area contributed by atoms with Crippen LogP contribution in [0.5, 0.6) is 0 Å². The molecule has 2 heterocycles. The third-order valence-electron chi connectivity index (χ3n) is 1.84. The zero-order chi connectivity index (χ0) is 8.72. The summed E-state index contributed by atoms with van der Waals surface area (Å²) in [5.41, 5.74) is 1.15. The van der Waals surface area contributed by atoms with Crippen molar-refractivity contribution in [3.8, 4) is 0 Å². The van der Waals surface area contributed by atoms with Crippen LogP contribution in [-0.4, -0.2) is 5.78 Å². The number of fused-ring (bicyclic) bond motifs is 1. The predicted molar refractivity (Wildman–Crippen MR) is 54.4 cm³/mol. The fourth-order valence-electron chi connectivity index (χ4n) is 1.28. The van der Waals surface area contributed by atoms with E-state index in [1.807, 2.05) is 6.92 Å². The van der Waals surface area contributed by atoms with Gasteiger partial charge in [0.15, 0.2) is 5.78 Å². The molecular weight excluding hydrogens is 188 g/mol. The second-order valence-corrected chi connectivity index (χ2v) is 4.69. The second-order valence-electron chi connectivity index (χ2n) is 2.73. The largest absolute Gasteiger partial charge is 0.294 e. The molecule has 62 valence electrons. The lowest BCUT2D eigenvalue weighted by atomic mass is 10.2. The number of ketones is 1. The molecule has 0 aromatic carbocycles. The normalized spacial score (nSPS) is 10.8. The van der Waals surface area contributed by atoms with Gasteiger partial charge in [0.25, 0.3) is 0 Å². The molecule has 3 heteroatoms. The maximum atomic E-state index is 11.1. The third-order valence-corrected chi connectivity index (χ3v) is 4.36. The first-order valence-corrected chi connectivity index (χ1v) is 5.37. The van der Waals surface area contributed by atoms with E-state index in [9.17, 15) is 4.79 Å². The first-order valence-electron chi connectivity index (χ1n) is 3.67. The summed E-state index contributed by atoms with van der Waals surface area (Å²) in [6.07, 6.45) is 0. The Bertz CT molecular complexity index is 436. The van der Waals surface area contributed by atoms with Crippen molar-refractivity contribution < 1.29 is 4.79 Å². The van der Waals surface area contributed by atoms with Crippen molar-refractivity contribution in [3.63, 3.8) is 0 Å². The van der Waals surface area contributed by atoms with Crippen LogP contribution in [0.25, 0.3) is 9.40 Å². The van der Waals surface area contributed by atoms with Crippen LogP contribution < -0.4 is 0 Å². The number of carbonyl (C=O) groups excluding carboxylic acids is 1. The summed E-state index contributed by atoms with van der Waals surface area (Å²) in [4.78, 5) is 12.1. The van der Waals surface area contributed by atoms with Crippen molar-refractivity contribution in [2.45, 2.75) is 13.8 Å². The minimum Gasteiger partial charge on any atom is -0.294 e. The molecule has 0 aliphatic heterocycles. The fraction of sp³-hybridized carbons (Fsp3) is 0.222. The van der Waals surface area contributed by atoms with Gasteiger partial charge in [0, 0.05) is 9.40 Å². The van der Waals surface area contributed by atoms with Crippen LogP contribution in [0.1, 0.15) is 22.2 Å². The Hall–Kier alpha value is -0.670. The molecule has 12 heavy (non-hydrogen) atoms. The third kappa shape index (κ3) is 1.01. The molecule has 0 N–H and O–H groups in total. The summed E-state index contributed by atoms with van der Waals surface area (Å²) >= 11 is 3.31. The molecular formula is C9H8OS2. The van der Waals surface area contributed by atoms with E-state index in [1.54, 1.807) is 29.6 Å². The minimum atomic E-state index is 0.181. The first kappa shape index (κ1) is 7.95. The number of Topliss-reactive ketones (excluding diaryl/α,β-unsaturated/α-hetero) is 1. The van der Waals surface area contributed by atoms with Gasteiger partial charge in [0.2, 0.25) is 0 Å². The highest BCUT2D eigenvalue weighted by atomic mass is 32.1. The van der Waals surface area contributed by atoms with E-state index in [0.29, 0.717) is 0 Å². The van der Waals surface area contributed by atoms with Crippen molar-refractivity contribution in [2.24, 2.45) is 0 Å². The van der Waals surface area contributed by atoms with E-state index in [0.717, 1.165) is 10.4 Å². The number of carbonyl (C=O) groups is 1. The number of rotatable bonds is 1. The summed E-state index contributed by atoms with van der Waals surface area (Å²) in [7, 11) is 0. The Balaban J connectivity index is 2.78. The molecule has 2 rings (SSSR count). The molecule has 2 aromatic heterocycles. The van der Waals surface area contributed by atoms with Crippen molar-refractivity contribution in [1.82, 2.24) is 0 Å². The molecule has 0 bridgehead atoms. The second kappa shape index (κ2) is 2.68. The Morgan fingerprint density at radius 2 is 2.25 bits per heavy atom. The van der Waals surface area contributed by atoms with Gasteiger partial charge in [0.1, 0.15) is 0 Å². The average Bonchev–Trinajstić information content (AvgIpc) is 2.53. The molecule has 0 spiro atoms. The number of thiophene rings is 2. The van der Waals surface area contributed by atoms with Crippen LogP contribution in [0.4, 0.5) is 0 Å². The lowest BCUT2D eigenvalue weighted by Gasteiger charge is -1.89. The standard InChI is InChI=1S/C9H8OS2/c1-5-8(6(2)10)12-7-3-4-11-9(5)7/h3-4H,1-2H3. The molecule has 2 aromatic rings. The van der Waals surface area contributed by atoms with Crippen molar-refractivity contribution >= 4 is 37.9 Å². The van der Waals surface area contributed by atoms with Crippen LogP contribution in [-0.2, 0) is 0 Å². The quantitative estimate of drug-likeness (QED) is 0.638. The van der Waals surface area contributed by atoms with Crippen molar-refractivity contribution in [2.75, 3.05) is 0 Å². The number of hydrogen-bond acceptors (Lipinski definition) is 3. The molecule has 0 fully saturated rings. The fourth-order valence-corrected chi connectivity index (χ4v) is 3.50. The Morgan fingerprint density at radius 1 is 1.50 bits per heavy atom. The lowest BCUT2D eigenvalue weighted by Crippen LogP contribution is -1.88. The zero-order valence-corrected chi connectivity index (χ0v) is 8.51. The van der Waals surface area contributed by atoms with E-state index in [1.165, 1.54) is 9.40 Å². The topological polar surface area (TPSA) is 17.1 Å². The Labute approximate surface area is 78.7 Å². The average molecular weight is 196 g/mol. The van der Waals surface area contributed by atoms with Gasteiger partial charge in [-0.15, -0.1) is 22.7 Å². The van der Waals surface area contributed by atoms with Gasteiger partial charge in [-0.05, 0) is 30.9 Å². The summed E-state index contributed by atoms with van der Waals surface area (Å²) < 4.78 is 2.51. The highest BCUT2D eigenvalue weighted by Gasteiger charge is 2.11. The maximum absolute atomic E-state index is 11.1. The van der Waals surface area contributed by atoms with E-state index in [4.69, 9.17) is 0 Å². The molecule has 0 atom stereocenters. The number of aryl methyl sites for hydroxylation is 1. The van der Waals surface area contributed by atoms with Crippen LogP contribution in [0, 0.1) is 6.92 Å². The Morgan fingerprint density at radius 3 is 2.83 bits per heavy atom. The highest BCUT2D eigenvalue weighted by Crippen LogP contribution is 2.34. The first-order chi connectivity index (χ1) is 5.70. The highest BCUT2D eigenvalue weighted by molar-refractivity contribution is 7.28. The van der Waals surface area contributed by atoms with Crippen LogP contribution >= 0.6 is 22.7 Å². The summed E-state index contributed by atoms with van der Waals surface area (Å²) in [6.45, 7) is 3.65. The van der Waals surface area contributed by atoms with Crippen LogP contribution in [0.15, 0.2) is 11.4 Å². The zero-order valence-electron chi connectivity index (χ0n) is 6.88. The summed E-state index contributed by atoms with van der Waals surface area (Å²) in [6, 6.07) is 2.07. The van der Waals surface area contributed by atoms with Crippen molar-refractivity contribution in [3.05, 3.63) is 21.9 Å². The summed E-state index contributed by atoms with van der Waals surface area (Å²) in [5, 5.41) is 2.07. The van der Waals surface area contributed by atoms with Gasteiger partial charge in [0.05, 0.1) is 4.88 Å².